The summed E-state index contributed by atoms with van der Waals surface area (Å²) in [6.45, 7) is 1.36. The second-order valence-corrected chi connectivity index (χ2v) is 9.57. The van der Waals surface area contributed by atoms with E-state index < -0.39 is 12.1 Å². The Morgan fingerprint density at radius 2 is 1.49 bits per heavy atom. The zero-order valence-corrected chi connectivity index (χ0v) is 20.0. The van der Waals surface area contributed by atoms with Crippen LogP contribution in [0.2, 0.25) is 0 Å². The van der Waals surface area contributed by atoms with Gasteiger partial charge in [-0.2, -0.15) is 0 Å². The molecule has 1 fully saturated rings. The van der Waals surface area contributed by atoms with Gasteiger partial charge in [-0.3, -0.25) is 9.59 Å². The minimum atomic E-state index is -0.709. The quantitative estimate of drug-likeness (QED) is 0.429. The lowest BCUT2D eigenvalue weighted by Crippen LogP contribution is -2.32. The van der Waals surface area contributed by atoms with Gasteiger partial charge in [-0.05, 0) is 66.7 Å². The number of aliphatic carboxylic acids is 1. The number of unbranched alkanes of at least 4 members (excludes halogenated alkanes) is 1. The number of carbonyl (C=O) groups is 3. The molecule has 3 N–H and O–H groups in total. The number of hydrogen-bond donors (Lipinski definition) is 3. The fourth-order valence-corrected chi connectivity index (χ4v) is 5.21. The van der Waals surface area contributed by atoms with Crippen molar-refractivity contribution in [3.63, 3.8) is 0 Å². The van der Waals surface area contributed by atoms with Crippen LogP contribution in [0.15, 0.2) is 48.5 Å². The zero-order chi connectivity index (χ0) is 24.6. The van der Waals surface area contributed by atoms with Gasteiger partial charge >= 0.3 is 12.1 Å². The molecular formula is C28H34N2O5. The first kappa shape index (κ1) is 24.8. The van der Waals surface area contributed by atoms with Crippen LogP contribution in [-0.4, -0.2) is 42.8 Å². The number of nitrogens with one attached hydrogen (secondary N) is 2. The highest BCUT2D eigenvalue weighted by Gasteiger charge is 2.29. The third-order valence-corrected chi connectivity index (χ3v) is 7.23. The molecule has 0 aliphatic heterocycles. The number of benzene rings is 2. The standard InChI is InChI=1S/C28H34N2O5/c31-26(30-17-19-12-14-20(15-13-19)27(32)33)11-5-6-16-29-28(34)35-18-25-23-9-3-1-7-21(23)22-8-2-4-10-24(22)25/h1-4,7-10,19-20,25H,5-6,11-18H2,(H,29,34)(H,30,31)(H,32,33). The first-order valence-corrected chi connectivity index (χ1v) is 12.6. The predicted molar refractivity (Wildman–Crippen MR) is 133 cm³/mol. The number of carbonyl (C=O) groups excluding carboxylic acids is 2. The van der Waals surface area contributed by atoms with Crippen LogP contribution in [0.25, 0.3) is 11.1 Å². The second kappa shape index (κ2) is 11.9. The van der Waals surface area contributed by atoms with Crippen molar-refractivity contribution in [2.45, 2.75) is 50.9 Å². The summed E-state index contributed by atoms with van der Waals surface area (Å²) >= 11 is 0. The van der Waals surface area contributed by atoms with Crippen molar-refractivity contribution in [1.82, 2.24) is 10.6 Å². The maximum atomic E-state index is 12.2. The number of carboxylic acids is 1. The normalized spacial score (nSPS) is 18.9. The molecule has 0 bridgehead atoms. The minimum absolute atomic E-state index is 0.00602. The molecule has 2 aromatic carbocycles. The summed E-state index contributed by atoms with van der Waals surface area (Å²) in [7, 11) is 0. The molecule has 4 rings (SSSR count). The van der Waals surface area contributed by atoms with E-state index in [9.17, 15) is 14.4 Å². The molecule has 7 nitrogen and oxygen atoms in total. The van der Waals surface area contributed by atoms with Gasteiger partial charge in [-0.25, -0.2) is 4.79 Å². The molecule has 2 aliphatic rings. The van der Waals surface area contributed by atoms with E-state index in [4.69, 9.17) is 9.84 Å². The van der Waals surface area contributed by atoms with Crippen molar-refractivity contribution in [3.8, 4) is 11.1 Å². The third-order valence-electron chi connectivity index (χ3n) is 7.23. The van der Waals surface area contributed by atoms with Crippen molar-refractivity contribution in [2.24, 2.45) is 11.8 Å². The largest absolute Gasteiger partial charge is 0.481 e. The molecule has 2 aliphatic carbocycles. The van der Waals surface area contributed by atoms with Crippen molar-refractivity contribution < 1.29 is 24.2 Å². The van der Waals surface area contributed by atoms with Crippen LogP contribution in [0.1, 0.15) is 62.0 Å². The first-order valence-electron chi connectivity index (χ1n) is 12.6. The average molecular weight is 479 g/mol. The Kier molecular flexibility index (Phi) is 8.40. The predicted octanol–water partition coefficient (Wildman–Crippen LogP) is 4.70. The van der Waals surface area contributed by atoms with E-state index in [2.05, 4.69) is 34.9 Å². The van der Waals surface area contributed by atoms with Crippen LogP contribution in [0.3, 0.4) is 0 Å². The summed E-state index contributed by atoms with van der Waals surface area (Å²) in [6.07, 6.45) is 4.44. The Morgan fingerprint density at radius 3 is 2.11 bits per heavy atom. The Morgan fingerprint density at radius 1 is 0.857 bits per heavy atom. The summed E-state index contributed by atoms with van der Waals surface area (Å²) in [6, 6.07) is 16.5. The lowest BCUT2D eigenvalue weighted by Gasteiger charge is -2.26. The maximum absolute atomic E-state index is 12.2. The van der Waals surface area contributed by atoms with Crippen LogP contribution >= 0.6 is 0 Å². The number of rotatable bonds is 10. The second-order valence-electron chi connectivity index (χ2n) is 9.57. The molecule has 0 spiro atoms. The molecule has 2 amide bonds. The Labute approximate surface area is 206 Å². The Hall–Kier alpha value is -3.35. The lowest BCUT2D eigenvalue weighted by molar-refractivity contribution is -0.143. The number of ether oxygens (including phenoxy) is 1. The molecule has 7 heteroatoms. The highest BCUT2D eigenvalue weighted by Crippen LogP contribution is 2.44. The summed E-state index contributed by atoms with van der Waals surface area (Å²) in [5.41, 5.74) is 4.76. The third kappa shape index (κ3) is 6.41. The first-order chi connectivity index (χ1) is 17.0. The number of hydrogen-bond acceptors (Lipinski definition) is 4. The van der Waals surface area contributed by atoms with Crippen LogP contribution in [0.5, 0.6) is 0 Å². The summed E-state index contributed by atoms with van der Waals surface area (Å²) in [4.78, 5) is 35.3. The van der Waals surface area contributed by atoms with Gasteiger partial charge in [0.15, 0.2) is 0 Å². The molecular weight excluding hydrogens is 444 g/mol. The van der Waals surface area contributed by atoms with Crippen LogP contribution in [0, 0.1) is 11.8 Å². The molecule has 1 saturated carbocycles. The Balaban J connectivity index is 1.09. The SMILES string of the molecule is O=C(CCCCNC(=O)OCC1c2ccccc2-c2ccccc21)NCC1CCC(C(=O)O)CC1. The monoisotopic (exact) mass is 478 g/mol. The molecule has 0 radical (unpaired) electrons. The van der Waals surface area contributed by atoms with E-state index in [1.165, 1.54) is 22.3 Å². The van der Waals surface area contributed by atoms with Crippen molar-refractivity contribution >= 4 is 18.0 Å². The summed E-state index contributed by atoms with van der Waals surface area (Å²) in [5, 5.41) is 14.8. The van der Waals surface area contributed by atoms with Gasteiger partial charge in [0.2, 0.25) is 5.91 Å². The molecule has 0 heterocycles. The van der Waals surface area contributed by atoms with Gasteiger partial charge in [0.25, 0.3) is 0 Å². The highest BCUT2D eigenvalue weighted by atomic mass is 16.5. The molecule has 0 saturated heterocycles. The maximum Gasteiger partial charge on any atom is 0.407 e. The topological polar surface area (TPSA) is 105 Å². The molecule has 0 aromatic heterocycles. The van der Waals surface area contributed by atoms with Gasteiger partial charge in [0.1, 0.15) is 6.61 Å². The van der Waals surface area contributed by atoms with Gasteiger partial charge in [0.05, 0.1) is 5.92 Å². The fourth-order valence-electron chi connectivity index (χ4n) is 5.21. The van der Waals surface area contributed by atoms with Gasteiger partial charge in [0, 0.05) is 25.4 Å². The van der Waals surface area contributed by atoms with Gasteiger partial charge in [-0.1, -0.05) is 48.5 Å². The highest BCUT2D eigenvalue weighted by molar-refractivity contribution is 5.79. The van der Waals surface area contributed by atoms with E-state index in [0.29, 0.717) is 51.1 Å². The van der Waals surface area contributed by atoms with Crippen molar-refractivity contribution in [1.29, 1.82) is 0 Å². The molecule has 35 heavy (non-hydrogen) atoms. The average Bonchev–Trinajstić information content (AvgIpc) is 3.20. The fraction of sp³-hybridized carbons (Fsp3) is 0.464. The molecule has 0 atom stereocenters. The lowest BCUT2D eigenvalue weighted by atomic mass is 9.82. The van der Waals surface area contributed by atoms with Crippen LogP contribution in [-0.2, 0) is 14.3 Å². The van der Waals surface area contributed by atoms with Gasteiger partial charge in [-0.15, -0.1) is 0 Å². The van der Waals surface area contributed by atoms with Crippen LogP contribution in [0.4, 0.5) is 4.79 Å². The number of fused-ring (bicyclic) bond motifs is 3. The number of amides is 2. The summed E-state index contributed by atoms with van der Waals surface area (Å²) in [5.74, 6) is -0.530. The van der Waals surface area contributed by atoms with Crippen molar-refractivity contribution in [3.05, 3.63) is 59.7 Å². The van der Waals surface area contributed by atoms with E-state index in [0.717, 1.165) is 12.8 Å². The number of alkyl carbamates (subject to hydrolysis) is 1. The zero-order valence-electron chi connectivity index (χ0n) is 20.0. The minimum Gasteiger partial charge on any atom is -0.481 e. The molecule has 0 unspecified atom stereocenters. The molecule has 186 valence electrons. The van der Waals surface area contributed by atoms with E-state index in [1.807, 2.05) is 24.3 Å². The number of carboxylic acid groups (broad SMARTS) is 1. The Bertz CT molecular complexity index is 1000. The van der Waals surface area contributed by atoms with E-state index in [-0.39, 0.29) is 24.3 Å². The van der Waals surface area contributed by atoms with Crippen LogP contribution < -0.4 is 10.6 Å². The molecule has 2 aromatic rings. The summed E-state index contributed by atoms with van der Waals surface area (Å²) < 4.78 is 5.53. The van der Waals surface area contributed by atoms with Gasteiger partial charge < -0.3 is 20.5 Å². The van der Waals surface area contributed by atoms with E-state index >= 15 is 0 Å². The van der Waals surface area contributed by atoms with Crippen molar-refractivity contribution in [2.75, 3.05) is 19.7 Å². The van der Waals surface area contributed by atoms with E-state index in [1.54, 1.807) is 0 Å². The smallest absolute Gasteiger partial charge is 0.407 e.